The quantitative estimate of drug-likeness (QED) is 0.453. The summed E-state index contributed by atoms with van der Waals surface area (Å²) in [5.74, 6) is 0.457. The lowest BCUT2D eigenvalue weighted by molar-refractivity contribution is 0.102. The van der Waals surface area contributed by atoms with Gasteiger partial charge < -0.3 is 15.5 Å². The van der Waals surface area contributed by atoms with Crippen molar-refractivity contribution >= 4 is 39.5 Å². The van der Waals surface area contributed by atoms with E-state index in [1.54, 1.807) is 23.5 Å². The number of nitrogens with one attached hydrogen (secondary N) is 2. The van der Waals surface area contributed by atoms with E-state index in [2.05, 4.69) is 34.6 Å². The lowest BCUT2D eigenvalue weighted by atomic mass is 9.95. The van der Waals surface area contributed by atoms with Crippen LogP contribution in [0.2, 0.25) is 0 Å². The molecule has 0 saturated carbocycles. The van der Waals surface area contributed by atoms with Crippen LogP contribution in [-0.2, 0) is 12.8 Å². The molecule has 5 nitrogen and oxygen atoms in total. The fourth-order valence-corrected chi connectivity index (χ4v) is 6.16. The second-order valence-corrected chi connectivity index (χ2v) is 10.5. The minimum atomic E-state index is -0.187. The van der Waals surface area contributed by atoms with E-state index in [1.807, 2.05) is 30.3 Å². The van der Waals surface area contributed by atoms with Gasteiger partial charge in [-0.1, -0.05) is 25.1 Å². The predicted molar refractivity (Wildman–Crippen MR) is 140 cm³/mol. The molecular weight excluding hydrogens is 442 g/mol. The summed E-state index contributed by atoms with van der Waals surface area (Å²) in [7, 11) is 0. The Morgan fingerprint density at radius 3 is 2.32 bits per heavy atom. The third-order valence-corrected chi connectivity index (χ3v) is 8.14. The zero-order chi connectivity index (χ0) is 23.5. The van der Waals surface area contributed by atoms with Crippen molar-refractivity contribution in [3.63, 3.8) is 0 Å². The Hall–Kier alpha value is -3.12. The van der Waals surface area contributed by atoms with E-state index in [-0.39, 0.29) is 11.8 Å². The summed E-state index contributed by atoms with van der Waals surface area (Å²) >= 11 is 1.55. The van der Waals surface area contributed by atoms with E-state index in [1.165, 1.54) is 23.4 Å². The zero-order valence-corrected chi connectivity index (χ0v) is 20.4. The number of carbonyl (C=O) groups excluding carboxylic acids is 2. The van der Waals surface area contributed by atoms with E-state index in [9.17, 15) is 9.59 Å². The molecule has 5 rings (SSSR count). The smallest absolute Gasteiger partial charge is 0.258 e. The number of benzene rings is 2. The number of hydrogen-bond donors (Lipinski definition) is 2. The minimum Gasteiger partial charge on any atom is -0.372 e. The van der Waals surface area contributed by atoms with Crippen LogP contribution in [0, 0.1) is 5.92 Å². The molecule has 2 amide bonds. The summed E-state index contributed by atoms with van der Waals surface area (Å²) < 4.78 is 0. The standard InChI is InChI=1S/C28H31N3O2S/c1-19-15-17-31(18-16-19)22-13-11-21(12-14-22)29-27(33)25-23-9-5-6-10-24(23)34-28(25)30-26(32)20-7-3-2-4-8-20/h2-4,7-8,11-14,19H,5-6,9-10,15-18H2,1H3,(H,29,33)(H,30,32). The SMILES string of the molecule is CC1CCN(c2ccc(NC(=O)c3c(NC(=O)c4ccccc4)sc4c3CCCC4)cc2)CC1. The van der Waals surface area contributed by atoms with Crippen LogP contribution in [0.1, 0.15) is 63.8 Å². The maximum Gasteiger partial charge on any atom is 0.258 e. The molecule has 3 aromatic rings. The third kappa shape index (κ3) is 4.87. The largest absolute Gasteiger partial charge is 0.372 e. The van der Waals surface area contributed by atoms with Crippen LogP contribution in [-0.4, -0.2) is 24.9 Å². The number of carbonyl (C=O) groups is 2. The van der Waals surface area contributed by atoms with Gasteiger partial charge >= 0.3 is 0 Å². The van der Waals surface area contributed by atoms with Crippen LogP contribution < -0.4 is 15.5 Å². The van der Waals surface area contributed by atoms with Crippen molar-refractivity contribution in [3.8, 4) is 0 Å². The Kier molecular flexibility index (Phi) is 6.68. The second-order valence-electron chi connectivity index (χ2n) is 9.41. The number of anilines is 3. The first-order valence-corrected chi connectivity index (χ1v) is 13.1. The summed E-state index contributed by atoms with van der Waals surface area (Å²) in [6.07, 6.45) is 6.47. The van der Waals surface area contributed by atoms with Gasteiger partial charge in [0.2, 0.25) is 0 Å². The molecule has 0 bridgehead atoms. The number of piperidine rings is 1. The van der Waals surface area contributed by atoms with Gasteiger partial charge in [-0.2, -0.15) is 0 Å². The molecule has 1 aliphatic carbocycles. The van der Waals surface area contributed by atoms with Crippen LogP contribution in [0.3, 0.4) is 0 Å². The lowest BCUT2D eigenvalue weighted by Crippen LogP contribution is -2.32. The van der Waals surface area contributed by atoms with E-state index < -0.39 is 0 Å². The second kappa shape index (κ2) is 10.0. The molecule has 1 aromatic heterocycles. The third-order valence-electron chi connectivity index (χ3n) is 6.94. The van der Waals surface area contributed by atoms with E-state index >= 15 is 0 Å². The lowest BCUT2D eigenvalue weighted by Gasteiger charge is -2.32. The number of rotatable bonds is 5. The van der Waals surface area contributed by atoms with Crippen molar-refractivity contribution in [1.82, 2.24) is 0 Å². The number of nitrogens with zero attached hydrogens (tertiary/aromatic N) is 1. The first kappa shape index (κ1) is 22.7. The molecule has 0 spiro atoms. The summed E-state index contributed by atoms with van der Waals surface area (Å²) in [5.41, 5.74) is 4.28. The van der Waals surface area contributed by atoms with Gasteiger partial charge in [-0.15, -0.1) is 11.3 Å². The number of amides is 2. The molecule has 2 aromatic carbocycles. The Morgan fingerprint density at radius 2 is 1.59 bits per heavy atom. The molecule has 34 heavy (non-hydrogen) atoms. The van der Waals surface area contributed by atoms with Gasteiger partial charge in [0, 0.05) is 34.9 Å². The number of hydrogen-bond acceptors (Lipinski definition) is 4. The van der Waals surface area contributed by atoms with Crippen molar-refractivity contribution in [1.29, 1.82) is 0 Å². The maximum absolute atomic E-state index is 13.4. The van der Waals surface area contributed by atoms with Gasteiger partial charge in [0.15, 0.2) is 0 Å². The van der Waals surface area contributed by atoms with Gasteiger partial charge in [-0.05, 0) is 86.4 Å². The summed E-state index contributed by atoms with van der Waals surface area (Å²) in [5, 5.41) is 6.75. The highest BCUT2D eigenvalue weighted by molar-refractivity contribution is 7.17. The van der Waals surface area contributed by atoms with Crippen LogP contribution in [0.5, 0.6) is 0 Å². The Bertz CT molecular complexity index is 1160. The molecule has 1 fully saturated rings. The molecular formula is C28H31N3O2S. The number of fused-ring (bicyclic) bond motifs is 1. The summed E-state index contributed by atoms with van der Waals surface area (Å²) in [6, 6.07) is 17.3. The van der Waals surface area contributed by atoms with Crippen molar-refractivity contribution in [2.75, 3.05) is 28.6 Å². The highest BCUT2D eigenvalue weighted by Crippen LogP contribution is 2.39. The minimum absolute atomic E-state index is 0.151. The van der Waals surface area contributed by atoms with E-state index in [0.717, 1.165) is 55.9 Å². The first-order chi connectivity index (χ1) is 16.6. The first-order valence-electron chi connectivity index (χ1n) is 12.3. The van der Waals surface area contributed by atoms with Crippen LogP contribution >= 0.6 is 11.3 Å². The molecule has 1 aliphatic heterocycles. The normalized spacial score (nSPS) is 16.1. The monoisotopic (exact) mass is 473 g/mol. The topological polar surface area (TPSA) is 61.4 Å². The molecule has 2 N–H and O–H groups in total. The molecule has 176 valence electrons. The molecule has 6 heteroatoms. The highest BCUT2D eigenvalue weighted by Gasteiger charge is 2.27. The molecule has 2 heterocycles. The molecule has 0 atom stereocenters. The highest BCUT2D eigenvalue weighted by atomic mass is 32.1. The summed E-state index contributed by atoms with van der Waals surface area (Å²) in [6.45, 7) is 4.48. The van der Waals surface area contributed by atoms with Crippen molar-refractivity contribution in [2.24, 2.45) is 5.92 Å². The number of aryl methyl sites for hydroxylation is 1. The van der Waals surface area contributed by atoms with Crippen LogP contribution in [0.4, 0.5) is 16.4 Å². The average molecular weight is 474 g/mol. The van der Waals surface area contributed by atoms with Gasteiger partial charge in [0.05, 0.1) is 5.56 Å². The van der Waals surface area contributed by atoms with Crippen molar-refractivity contribution in [2.45, 2.75) is 45.4 Å². The molecule has 0 radical (unpaired) electrons. The van der Waals surface area contributed by atoms with Crippen molar-refractivity contribution < 1.29 is 9.59 Å². The fourth-order valence-electron chi connectivity index (χ4n) is 4.87. The molecule has 0 unspecified atom stereocenters. The van der Waals surface area contributed by atoms with Gasteiger partial charge in [-0.25, -0.2) is 0 Å². The van der Waals surface area contributed by atoms with Crippen LogP contribution in [0.25, 0.3) is 0 Å². The Morgan fingerprint density at radius 1 is 0.882 bits per heavy atom. The van der Waals surface area contributed by atoms with Gasteiger partial charge in [0.25, 0.3) is 11.8 Å². The Balaban J connectivity index is 1.35. The van der Waals surface area contributed by atoms with Crippen LogP contribution in [0.15, 0.2) is 54.6 Å². The molecule has 2 aliphatic rings. The van der Waals surface area contributed by atoms with E-state index in [4.69, 9.17) is 0 Å². The molecule has 1 saturated heterocycles. The zero-order valence-electron chi connectivity index (χ0n) is 19.6. The number of thiophene rings is 1. The van der Waals surface area contributed by atoms with Gasteiger partial charge in [0.1, 0.15) is 5.00 Å². The predicted octanol–water partition coefficient (Wildman–Crippen LogP) is 6.37. The average Bonchev–Trinajstić information content (AvgIpc) is 3.23. The maximum atomic E-state index is 13.4. The Labute approximate surface area is 205 Å². The van der Waals surface area contributed by atoms with Gasteiger partial charge in [-0.3, -0.25) is 9.59 Å². The van der Waals surface area contributed by atoms with E-state index in [0.29, 0.717) is 16.1 Å². The fraction of sp³-hybridized carbons (Fsp3) is 0.357. The summed E-state index contributed by atoms with van der Waals surface area (Å²) in [4.78, 5) is 29.9. The van der Waals surface area contributed by atoms with Crippen molar-refractivity contribution in [3.05, 3.63) is 76.2 Å².